The molecule has 96 valence electrons. The lowest BCUT2D eigenvalue weighted by Crippen LogP contribution is -2.50. The van der Waals surface area contributed by atoms with Crippen molar-refractivity contribution in [2.45, 2.75) is 25.7 Å². The molecule has 2 aliphatic rings. The summed E-state index contributed by atoms with van der Waals surface area (Å²) in [6.45, 7) is 7.73. The van der Waals surface area contributed by atoms with Gasteiger partial charge in [-0.05, 0) is 44.2 Å². The van der Waals surface area contributed by atoms with Gasteiger partial charge >= 0.3 is 6.09 Å². The predicted octanol–water partition coefficient (Wildman–Crippen LogP) is 1.77. The number of nitrogens with one attached hydrogen (secondary N) is 1. The van der Waals surface area contributed by atoms with Crippen LogP contribution in [0.3, 0.4) is 0 Å². The third-order valence-electron chi connectivity index (χ3n) is 3.91. The van der Waals surface area contributed by atoms with E-state index < -0.39 is 0 Å². The molecule has 0 saturated carbocycles. The van der Waals surface area contributed by atoms with Crippen LogP contribution >= 0.6 is 0 Å². The van der Waals surface area contributed by atoms with Crippen LogP contribution in [0.15, 0.2) is 12.7 Å². The average molecular weight is 238 g/mol. The van der Waals surface area contributed by atoms with Crippen LogP contribution in [0.4, 0.5) is 4.79 Å². The van der Waals surface area contributed by atoms with E-state index in [1.165, 1.54) is 19.3 Å². The fourth-order valence-corrected chi connectivity index (χ4v) is 2.95. The van der Waals surface area contributed by atoms with Crippen LogP contribution < -0.4 is 5.32 Å². The van der Waals surface area contributed by atoms with Gasteiger partial charge in [0.2, 0.25) is 0 Å². The van der Waals surface area contributed by atoms with Gasteiger partial charge in [-0.1, -0.05) is 12.7 Å². The number of nitrogens with zero attached hydrogens (tertiary/aromatic N) is 1. The Morgan fingerprint density at radius 1 is 1.41 bits per heavy atom. The molecule has 2 heterocycles. The average Bonchev–Trinajstić information content (AvgIpc) is 2.37. The molecule has 0 radical (unpaired) electrons. The largest absolute Gasteiger partial charge is 0.445 e. The van der Waals surface area contributed by atoms with E-state index in [2.05, 4.69) is 11.9 Å². The van der Waals surface area contributed by atoms with E-state index in [9.17, 15) is 4.79 Å². The smallest absolute Gasteiger partial charge is 0.410 e. The lowest BCUT2D eigenvalue weighted by atomic mass is 9.73. The number of rotatable bonds is 2. The second kappa shape index (κ2) is 5.54. The molecule has 0 aromatic rings. The van der Waals surface area contributed by atoms with E-state index in [1.54, 1.807) is 6.08 Å². The standard InChI is InChI=1S/C13H22N2O2/c1-2-10-17-12(16)15-9-3-4-13(11-15)5-7-14-8-6-13/h2,14H,1,3-11H2. The highest BCUT2D eigenvalue weighted by atomic mass is 16.6. The lowest BCUT2D eigenvalue weighted by Gasteiger charge is -2.44. The van der Waals surface area contributed by atoms with Crippen molar-refractivity contribution >= 4 is 6.09 Å². The number of ether oxygens (including phenoxy) is 1. The first-order chi connectivity index (χ1) is 8.26. The van der Waals surface area contributed by atoms with E-state index in [-0.39, 0.29) is 6.09 Å². The molecule has 1 spiro atoms. The zero-order chi connectivity index (χ0) is 12.1. The molecule has 2 fully saturated rings. The van der Waals surface area contributed by atoms with Crippen molar-refractivity contribution in [1.82, 2.24) is 10.2 Å². The molecule has 4 heteroatoms. The Kier molecular flexibility index (Phi) is 4.05. The molecule has 4 nitrogen and oxygen atoms in total. The quantitative estimate of drug-likeness (QED) is 0.746. The Bertz CT molecular complexity index is 280. The maximum atomic E-state index is 11.8. The molecule has 17 heavy (non-hydrogen) atoms. The Hall–Kier alpha value is -1.03. The van der Waals surface area contributed by atoms with Crippen LogP contribution in [0.1, 0.15) is 25.7 Å². The molecule has 0 aromatic heterocycles. The molecular weight excluding hydrogens is 216 g/mol. The molecule has 0 unspecified atom stereocenters. The predicted molar refractivity (Wildman–Crippen MR) is 66.9 cm³/mol. The second-order valence-electron chi connectivity index (χ2n) is 5.14. The van der Waals surface area contributed by atoms with Gasteiger partial charge in [0.25, 0.3) is 0 Å². The van der Waals surface area contributed by atoms with Crippen LogP contribution in [0.25, 0.3) is 0 Å². The first-order valence-electron chi connectivity index (χ1n) is 6.49. The van der Waals surface area contributed by atoms with Gasteiger partial charge in [-0.15, -0.1) is 0 Å². The fourth-order valence-electron chi connectivity index (χ4n) is 2.95. The normalized spacial score (nSPS) is 23.4. The van der Waals surface area contributed by atoms with E-state index in [0.29, 0.717) is 12.0 Å². The van der Waals surface area contributed by atoms with Gasteiger partial charge in [-0.2, -0.15) is 0 Å². The Morgan fingerprint density at radius 3 is 2.88 bits per heavy atom. The zero-order valence-electron chi connectivity index (χ0n) is 10.4. The number of amides is 1. The highest BCUT2D eigenvalue weighted by Gasteiger charge is 2.38. The molecule has 0 bridgehead atoms. The fraction of sp³-hybridized carbons (Fsp3) is 0.769. The minimum atomic E-state index is -0.178. The third kappa shape index (κ3) is 3.00. The summed E-state index contributed by atoms with van der Waals surface area (Å²) in [6.07, 6.45) is 6.14. The molecule has 0 aliphatic carbocycles. The van der Waals surface area contributed by atoms with Gasteiger partial charge in [0.1, 0.15) is 6.61 Å². The first-order valence-corrected chi connectivity index (χ1v) is 6.49. The maximum Gasteiger partial charge on any atom is 0.410 e. The van der Waals surface area contributed by atoms with Crippen LogP contribution in [0.2, 0.25) is 0 Å². The summed E-state index contributed by atoms with van der Waals surface area (Å²) >= 11 is 0. The Morgan fingerprint density at radius 2 is 2.18 bits per heavy atom. The van der Waals surface area contributed by atoms with E-state index in [4.69, 9.17) is 4.74 Å². The lowest BCUT2D eigenvalue weighted by molar-refractivity contribution is 0.0445. The molecule has 0 atom stereocenters. The molecule has 1 N–H and O–H groups in total. The Labute approximate surface area is 103 Å². The highest BCUT2D eigenvalue weighted by molar-refractivity contribution is 5.67. The summed E-state index contributed by atoms with van der Waals surface area (Å²) in [5, 5.41) is 3.39. The van der Waals surface area contributed by atoms with Gasteiger partial charge in [-0.3, -0.25) is 0 Å². The van der Waals surface area contributed by atoms with Crippen molar-refractivity contribution in [3.8, 4) is 0 Å². The van der Waals surface area contributed by atoms with Gasteiger partial charge in [0, 0.05) is 13.1 Å². The van der Waals surface area contributed by atoms with Crippen LogP contribution in [0.5, 0.6) is 0 Å². The summed E-state index contributed by atoms with van der Waals surface area (Å²) in [7, 11) is 0. The highest BCUT2D eigenvalue weighted by Crippen LogP contribution is 2.38. The minimum absolute atomic E-state index is 0.178. The monoisotopic (exact) mass is 238 g/mol. The van der Waals surface area contributed by atoms with Gasteiger partial charge in [0.15, 0.2) is 0 Å². The minimum Gasteiger partial charge on any atom is -0.445 e. The van der Waals surface area contributed by atoms with Crippen molar-refractivity contribution in [2.24, 2.45) is 5.41 Å². The molecule has 2 rings (SSSR count). The topological polar surface area (TPSA) is 41.6 Å². The van der Waals surface area contributed by atoms with Crippen molar-refractivity contribution in [2.75, 3.05) is 32.8 Å². The van der Waals surface area contributed by atoms with Crippen molar-refractivity contribution < 1.29 is 9.53 Å². The second-order valence-corrected chi connectivity index (χ2v) is 5.14. The summed E-state index contributed by atoms with van der Waals surface area (Å²) in [6, 6.07) is 0. The van der Waals surface area contributed by atoms with E-state index >= 15 is 0 Å². The zero-order valence-corrected chi connectivity index (χ0v) is 10.4. The van der Waals surface area contributed by atoms with Gasteiger partial charge in [0.05, 0.1) is 0 Å². The summed E-state index contributed by atoms with van der Waals surface area (Å²) in [5.41, 5.74) is 0.344. The van der Waals surface area contributed by atoms with Crippen molar-refractivity contribution in [1.29, 1.82) is 0 Å². The molecule has 2 aliphatic heterocycles. The maximum absolute atomic E-state index is 11.8. The summed E-state index contributed by atoms with van der Waals surface area (Å²) in [5.74, 6) is 0. The van der Waals surface area contributed by atoms with E-state index in [1.807, 2.05) is 4.90 Å². The molecule has 0 aromatic carbocycles. The molecule has 1 amide bonds. The summed E-state index contributed by atoms with van der Waals surface area (Å²) in [4.78, 5) is 13.7. The van der Waals surface area contributed by atoms with Crippen molar-refractivity contribution in [3.63, 3.8) is 0 Å². The molecule has 2 saturated heterocycles. The number of carbonyl (C=O) groups is 1. The molecular formula is C13H22N2O2. The van der Waals surface area contributed by atoms with Crippen LogP contribution in [-0.4, -0.2) is 43.8 Å². The number of hydrogen-bond acceptors (Lipinski definition) is 3. The number of hydrogen-bond donors (Lipinski definition) is 1. The Balaban J connectivity index is 1.91. The van der Waals surface area contributed by atoms with Crippen LogP contribution in [-0.2, 0) is 4.74 Å². The SMILES string of the molecule is C=CCOC(=O)N1CCCC2(CCNCC2)C1. The van der Waals surface area contributed by atoms with E-state index in [0.717, 1.165) is 32.6 Å². The van der Waals surface area contributed by atoms with Crippen molar-refractivity contribution in [3.05, 3.63) is 12.7 Å². The van der Waals surface area contributed by atoms with Gasteiger partial charge in [-0.25, -0.2) is 4.79 Å². The number of carbonyl (C=O) groups excluding carboxylic acids is 1. The van der Waals surface area contributed by atoms with Gasteiger partial charge < -0.3 is 15.0 Å². The number of piperidine rings is 2. The third-order valence-corrected chi connectivity index (χ3v) is 3.91. The summed E-state index contributed by atoms with van der Waals surface area (Å²) < 4.78 is 5.12. The number of likely N-dealkylation sites (tertiary alicyclic amines) is 1. The first kappa shape index (κ1) is 12.4. The van der Waals surface area contributed by atoms with Crippen LogP contribution in [0, 0.1) is 5.41 Å².